The standard InChI is InChI=1S/C10H8.C6H12.C6H6.C5H5N.C5H10.3C5H6.2C4H4N2.C3H5NO.22C2H6/c1-2-6-10-8-4-3-7-9(10)5-1;3*1-2-4-6-5-3-1;4*1-2-4-5-3-1;1-2-6-4-3-5-1;1-2-5-4-6-3-1;1-2-5-3-4-1;22*1-2/h1-8H;1-6H2;1-6H;1-5H;1-5H2;3*1-4H,5H2;2*1-4H;3H,1-2H2;22*1-2H3. The number of ether oxygens (including phenoxy) is 1. The van der Waals surface area contributed by atoms with Crippen molar-refractivity contribution in [1.82, 2.24) is 24.9 Å². The Morgan fingerprint density at radius 1 is 0.202 bits per heavy atom. The molecule has 4 heterocycles. The molecule has 2 saturated carbocycles. The van der Waals surface area contributed by atoms with Crippen LogP contribution >= 0.6 is 0 Å². The zero-order chi connectivity index (χ0) is 89.7. The van der Waals surface area contributed by atoms with Gasteiger partial charge in [-0.2, -0.15) is 0 Å². The summed E-state index contributed by atoms with van der Waals surface area (Å²) in [6.07, 6.45) is 61.4. The predicted octanol–water partition coefficient (Wildman–Crippen LogP) is 38.0. The molecule has 0 atom stereocenters. The quantitative estimate of drug-likeness (QED) is 0.151. The molecule has 0 bridgehead atoms. The van der Waals surface area contributed by atoms with Crippen LogP contribution in [0.2, 0.25) is 0 Å². The molecule has 109 heavy (non-hydrogen) atoms. The first-order valence-electron chi connectivity index (χ1n) is 45.2. The molecule has 7 nitrogen and oxygen atoms in total. The van der Waals surface area contributed by atoms with Crippen molar-refractivity contribution in [2.45, 2.75) is 395 Å². The molecular weight excluding hydrogens is 1330 g/mol. The second-order valence-electron chi connectivity index (χ2n) is 14.4. The first kappa shape index (κ1) is 159. The van der Waals surface area contributed by atoms with Gasteiger partial charge in [-0.1, -0.05) is 539 Å². The molecule has 12 rings (SSSR count). The van der Waals surface area contributed by atoms with Crippen LogP contribution in [-0.2, 0) is 4.74 Å². The van der Waals surface area contributed by atoms with E-state index in [-0.39, 0.29) is 0 Å². The minimum Gasteiger partial charge on any atom is -0.482 e. The van der Waals surface area contributed by atoms with Gasteiger partial charge in [0.25, 0.3) is 0 Å². The molecule has 5 aliphatic carbocycles. The van der Waals surface area contributed by atoms with E-state index in [9.17, 15) is 0 Å². The third-order valence-corrected chi connectivity index (χ3v) is 9.05. The normalized spacial score (nSPS) is 9.61. The van der Waals surface area contributed by atoms with Gasteiger partial charge in [-0.05, 0) is 48.2 Å². The number of nitrogens with zero attached hydrogens (tertiary/aromatic N) is 6. The Labute approximate surface area is 693 Å². The average molecular weight is 1530 g/mol. The monoisotopic (exact) mass is 1530 g/mol. The van der Waals surface area contributed by atoms with E-state index in [1.54, 1.807) is 55.6 Å². The molecule has 0 N–H and O–H groups in total. The predicted molar refractivity (Wildman–Crippen MR) is 527 cm³/mol. The number of aliphatic imine (C=N–C) groups is 1. The maximum Gasteiger partial charge on any atom is 0.169 e. The van der Waals surface area contributed by atoms with Crippen LogP contribution in [0.3, 0.4) is 0 Å². The van der Waals surface area contributed by atoms with Crippen molar-refractivity contribution in [2.24, 2.45) is 4.99 Å². The largest absolute Gasteiger partial charge is 0.482 e. The Kier molecular flexibility index (Phi) is 382. The van der Waals surface area contributed by atoms with Crippen LogP contribution in [0.15, 0.2) is 243 Å². The molecule has 0 radical (unpaired) electrons. The lowest BCUT2D eigenvalue weighted by Crippen LogP contribution is -1.85. The second kappa shape index (κ2) is 263. The van der Waals surface area contributed by atoms with Gasteiger partial charge in [-0.15, -0.1) is 0 Å². The Balaban J connectivity index is -0.0000000393. The highest BCUT2D eigenvalue weighted by Crippen LogP contribution is 2.16. The van der Waals surface area contributed by atoms with Gasteiger partial charge in [0.2, 0.25) is 0 Å². The topological polar surface area (TPSA) is 86.0 Å². The van der Waals surface area contributed by atoms with Crippen molar-refractivity contribution in [3.05, 3.63) is 238 Å². The molecule has 0 unspecified atom stereocenters. The first-order chi connectivity index (χ1) is 54.5. The van der Waals surface area contributed by atoms with E-state index in [0.717, 1.165) is 32.4 Å². The molecule has 0 spiro atoms. The third-order valence-electron chi connectivity index (χ3n) is 9.05. The summed E-state index contributed by atoms with van der Waals surface area (Å²) in [5.74, 6) is 0. The van der Waals surface area contributed by atoms with Gasteiger partial charge in [0.05, 0.1) is 6.54 Å². The third kappa shape index (κ3) is 227. The lowest BCUT2D eigenvalue weighted by Gasteiger charge is -2.05. The lowest BCUT2D eigenvalue weighted by atomic mass is 10.0. The first-order valence-corrected chi connectivity index (χ1v) is 45.2. The van der Waals surface area contributed by atoms with Gasteiger partial charge >= 0.3 is 0 Å². The molecule has 6 aliphatic rings. The summed E-state index contributed by atoms with van der Waals surface area (Å²) < 4.78 is 4.65. The molecule has 3 aromatic heterocycles. The minimum absolute atomic E-state index is 0.778. The van der Waals surface area contributed by atoms with Gasteiger partial charge in [-0.25, -0.2) is 9.97 Å². The molecule has 3 aromatic carbocycles. The van der Waals surface area contributed by atoms with Crippen molar-refractivity contribution in [2.75, 3.05) is 13.2 Å². The fourth-order valence-electron chi connectivity index (χ4n) is 5.72. The van der Waals surface area contributed by atoms with E-state index in [1.165, 1.54) is 94.1 Å². The molecule has 2 fully saturated rings. The van der Waals surface area contributed by atoms with E-state index in [4.69, 9.17) is 0 Å². The fraction of sp³-hybridized carbons (Fsp3) is 0.588. The van der Waals surface area contributed by atoms with Crippen LogP contribution < -0.4 is 0 Å². The van der Waals surface area contributed by atoms with E-state index in [2.05, 4.69) is 156 Å². The number of rotatable bonds is 0. The van der Waals surface area contributed by atoms with Gasteiger partial charge in [0.1, 0.15) is 12.9 Å². The average Bonchev–Trinajstić information content (AvgIpc) is 1.87. The number of fused-ring (bicyclic) bond motifs is 1. The summed E-state index contributed by atoms with van der Waals surface area (Å²) in [6.45, 7) is 89.6. The van der Waals surface area contributed by atoms with Crippen molar-refractivity contribution in [3.8, 4) is 0 Å². The van der Waals surface area contributed by atoms with Crippen LogP contribution in [0.5, 0.6) is 0 Å². The Bertz CT molecular complexity index is 1640. The SMILES string of the molecule is C1=CCC=C1.C1=CCC=C1.C1=CCC=C1.C1=NCCO1.C1CCCC1.C1CCCCC1.CC.CC.CC.CC.CC.CC.CC.CC.CC.CC.CC.CC.CC.CC.CC.CC.CC.CC.CC.CC.CC.CC.c1ccc2ccccc2c1.c1ccccc1.c1ccncc1.c1cnccn1.c1cncnc1. The molecule has 648 valence electrons. The summed E-state index contributed by atoms with van der Waals surface area (Å²) in [5.41, 5.74) is 0. The molecule has 0 saturated heterocycles. The Morgan fingerprint density at radius 2 is 0.385 bits per heavy atom. The van der Waals surface area contributed by atoms with Crippen molar-refractivity contribution < 1.29 is 4.74 Å². The summed E-state index contributed by atoms with van der Waals surface area (Å²) in [7, 11) is 0. The molecule has 0 amide bonds. The zero-order valence-electron chi connectivity index (χ0n) is 82.5. The number of hydrogen-bond donors (Lipinski definition) is 0. The summed E-state index contributed by atoms with van der Waals surface area (Å²) in [5, 5.41) is 2.62. The fourth-order valence-corrected chi connectivity index (χ4v) is 5.72. The van der Waals surface area contributed by atoms with Crippen LogP contribution in [0.4, 0.5) is 0 Å². The highest BCUT2D eigenvalue weighted by atomic mass is 16.5. The highest BCUT2D eigenvalue weighted by Gasteiger charge is 1.96. The summed E-state index contributed by atoms with van der Waals surface area (Å²) in [6, 6.07) is 36.2. The van der Waals surface area contributed by atoms with Crippen LogP contribution in [-0.4, -0.2) is 44.5 Å². The number of benzene rings is 3. The zero-order valence-corrected chi connectivity index (χ0v) is 82.5. The summed E-state index contributed by atoms with van der Waals surface area (Å²) >= 11 is 0. The van der Waals surface area contributed by atoms with E-state index >= 15 is 0 Å². The molecule has 7 heteroatoms. The smallest absolute Gasteiger partial charge is 0.169 e. The van der Waals surface area contributed by atoms with Gasteiger partial charge < -0.3 is 4.74 Å². The minimum atomic E-state index is 0.778. The summed E-state index contributed by atoms with van der Waals surface area (Å²) in [4.78, 5) is 22.3. The maximum atomic E-state index is 4.65. The van der Waals surface area contributed by atoms with Crippen molar-refractivity contribution in [1.29, 1.82) is 0 Å². The number of pyridine rings is 1. The maximum absolute atomic E-state index is 4.65. The van der Waals surface area contributed by atoms with Crippen LogP contribution in [0.1, 0.15) is 395 Å². The lowest BCUT2D eigenvalue weighted by molar-refractivity contribution is 0.361. The van der Waals surface area contributed by atoms with Crippen molar-refractivity contribution >= 4 is 17.2 Å². The second-order valence-corrected chi connectivity index (χ2v) is 14.4. The van der Waals surface area contributed by atoms with Crippen LogP contribution in [0.25, 0.3) is 10.8 Å². The van der Waals surface area contributed by atoms with Gasteiger partial charge in [-0.3, -0.25) is 19.9 Å². The molecule has 6 aromatic rings. The Hall–Kier alpha value is -6.86. The van der Waals surface area contributed by atoms with Crippen molar-refractivity contribution in [3.63, 3.8) is 0 Å². The molecule has 1 aliphatic heterocycles. The number of hydrogen-bond acceptors (Lipinski definition) is 7. The highest BCUT2D eigenvalue weighted by molar-refractivity contribution is 5.82. The van der Waals surface area contributed by atoms with Gasteiger partial charge in [0.15, 0.2) is 6.40 Å². The molecular formula is C102H204N6O. The van der Waals surface area contributed by atoms with E-state index in [0.29, 0.717) is 0 Å². The number of aromatic nitrogens is 5. The van der Waals surface area contributed by atoms with Gasteiger partial charge in [0, 0.05) is 49.6 Å². The Morgan fingerprint density at radius 3 is 0.477 bits per heavy atom. The van der Waals surface area contributed by atoms with E-state index < -0.39 is 0 Å². The number of allylic oxidation sites excluding steroid dienone is 12. The van der Waals surface area contributed by atoms with Crippen LogP contribution in [0, 0.1) is 0 Å². The van der Waals surface area contributed by atoms with E-state index in [1.807, 2.05) is 359 Å².